The molecule has 0 bridgehead atoms. The van der Waals surface area contributed by atoms with Crippen LogP contribution < -0.4 is 0 Å². The van der Waals surface area contributed by atoms with E-state index < -0.39 is 40.0 Å². The lowest BCUT2D eigenvalue weighted by Crippen LogP contribution is -2.24. The Balaban J connectivity index is -0.0000000732. The summed E-state index contributed by atoms with van der Waals surface area (Å²) >= 11 is 1.24. The first-order valence-electron chi connectivity index (χ1n) is 9.20. The third-order valence-electron chi connectivity index (χ3n) is 2.26. The molecule has 18 heteroatoms. The van der Waals surface area contributed by atoms with Crippen molar-refractivity contribution in [2.75, 3.05) is 72.3 Å². The Labute approximate surface area is 218 Å². The molecule has 0 saturated heterocycles. The van der Waals surface area contributed by atoms with Gasteiger partial charge in [0.1, 0.15) is 15.6 Å². The highest BCUT2D eigenvalue weighted by atomic mass is 32.2. The van der Waals surface area contributed by atoms with Gasteiger partial charge in [-0.2, -0.15) is 8.42 Å². The van der Waals surface area contributed by atoms with Crippen molar-refractivity contribution in [2.24, 2.45) is 0 Å². The molecule has 0 rings (SSSR count). The minimum absolute atomic E-state index is 0.167. The summed E-state index contributed by atoms with van der Waals surface area (Å²) in [4.78, 5) is 19.2. The van der Waals surface area contributed by atoms with Crippen molar-refractivity contribution in [1.82, 2.24) is 8.61 Å². The molecule has 0 aliphatic carbocycles. The fraction of sp³-hybridized carbons (Fsp3) is 0.882. The molecule has 0 unspecified atom stereocenters. The molecule has 0 amide bonds. The zero-order valence-electron chi connectivity index (χ0n) is 23.1. The highest BCUT2D eigenvalue weighted by Crippen LogP contribution is 1.89. The van der Waals surface area contributed by atoms with Gasteiger partial charge in [-0.25, -0.2) is 33.9 Å². The van der Waals surface area contributed by atoms with E-state index in [0.29, 0.717) is 6.54 Å². The van der Waals surface area contributed by atoms with Crippen molar-refractivity contribution in [1.29, 1.82) is 0 Å². The number of sulfonamides is 2. The van der Waals surface area contributed by atoms with Crippen LogP contribution in [0.2, 0.25) is 0 Å². The van der Waals surface area contributed by atoms with Crippen LogP contribution in [-0.2, 0) is 53.8 Å². The number of sulfone groups is 1. The van der Waals surface area contributed by atoms with Crippen LogP contribution in [0.5, 0.6) is 0 Å². The lowest BCUT2D eigenvalue weighted by molar-refractivity contribution is -0.115. The van der Waals surface area contributed by atoms with Crippen LogP contribution in [0, 0.1) is 0 Å². The number of rotatable bonds is 4. The Morgan fingerprint density at radius 2 is 0.914 bits per heavy atom. The molecule has 0 aromatic rings. The molecule has 0 saturated carbocycles. The standard InChI is InChI=1S/C4H11NO2S.C3H9NO2S.C3H6OS.C3H6O.C2H6O3S.C2H6O2S/c1-4-5(2)8(3,6)7;1-4(2)7(3,5)6;1-3(4)5-2;1-3(2)4;1-5-6(2,3)4;1-5(2,3)4/h4H2,1-3H3;1-3H3;1-2H3;1-2H3;1-2H3;1-2H3. The van der Waals surface area contributed by atoms with E-state index in [-0.39, 0.29) is 10.9 Å². The van der Waals surface area contributed by atoms with Gasteiger partial charge in [-0.15, -0.1) is 0 Å². The van der Waals surface area contributed by atoms with Crippen molar-refractivity contribution in [3.8, 4) is 0 Å². The van der Waals surface area contributed by atoms with E-state index in [1.54, 1.807) is 27.2 Å². The van der Waals surface area contributed by atoms with Crippen LogP contribution in [0.25, 0.3) is 0 Å². The average Bonchev–Trinajstić information content (AvgIpc) is 2.58. The van der Waals surface area contributed by atoms with E-state index in [0.717, 1.165) is 36.4 Å². The maximum Gasteiger partial charge on any atom is 0.264 e. The van der Waals surface area contributed by atoms with Gasteiger partial charge in [0.15, 0.2) is 5.12 Å². The molecule has 0 aromatic heterocycles. The van der Waals surface area contributed by atoms with Gasteiger partial charge in [0.25, 0.3) is 10.1 Å². The number of hydrogen-bond donors (Lipinski definition) is 0. The molecular formula is C17H44N2O11S5. The second-order valence-corrected chi connectivity index (χ2v) is 16.1. The molecule has 0 fully saturated rings. The largest absolute Gasteiger partial charge is 0.300 e. The van der Waals surface area contributed by atoms with Gasteiger partial charge in [0, 0.05) is 47.1 Å². The Hall–Kier alpha value is -0.630. The zero-order chi connectivity index (χ0) is 30.4. The summed E-state index contributed by atoms with van der Waals surface area (Å²) < 4.78 is 86.7. The molecule has 218 valence electrons. The Bertz CT molecular complexity index is 959. The van der Waals surface area contributed by atoms with Crippen molar-refractivity contribution in [3.63, 3.8) is 0 Å². The van der Waals surface area contributed by atoms with Crippen molar-refractivity contribution < 1.29 is 47.4 Å². The number of carbonyl (C=O) groups is 2. The van der Waals surface area contributed by atoms with Gasteiger partial charge in [0.2, 0.25) is 20.0 Å². The van der Waals surface area contributed by atoms with Gasteiger partial charge < -0.3 is 4.79 Å². The topological polar surface area (TPSA) is 186 Å². The molecule has 13 nitrogen and oxygen atoms in total. The molecular weight excluding hydrogens is 569 g/mol. The van der Waals surface area contributed by atoms with Crippen molar-refractivity contribution in [2.45, 2.75) is 27.7 Å². The quantitative estimate of drug-likeness (QED) is 0.392. The van der Waals surface area contributed by atoms with Gasteiger partial charge >= 0.3 is 0 Å². The normalized spacial score (nSPS) is 10.9. The van der Waals surface area contributed by atoms with Crippen molar-refractivity contribution in [3.05, 3.63) is 0 Å². The first-order chi connectivity index (χ1) is 15.0. The number of Topliss-reactive ketones (excluding diaryl/α,β-unsaturated/α-hetero) is 1. The first kappa shape index (κ1) is 47.6. The third-order valence-corrected chi connectivity index (χ3v) is 6.16. The predicted molar refractivity (Wildman–Crippen MR) is 145 cm³/mol. The molecule has 0 atom stereocenters. The maximum atomic E-state index is 10.5. The minimum Gasteiger partial charge on any atom is -0.300 e. The maximum absolute atomic E-state index is 10.5. The summed E-state index contributed by atoms with van der Waals surface area (Å²) in [5, 5.41) is 0.171. The van der Waals surface area contributed by atoms with Gasteiger partial charge in [0.05, 0.1) is 25.9 Å². The summed E-state index contributed by atoms with van der Waals surface area (Å²) in [6.45, 7) is 6.94. The summed E-state index contributed by atoms with van der Waals surface area (Å²) in [6.07, 6.45) is 7.43. The van der Waals surface area contributed by atoms with Crippen LogP contribution in [0.15, 0.2) is 0 Å². The lowest BCUT2D eigenvalue weighted by Gasteiger charge is -2.08. The number of thioether (sulfide) groups is 1. The van der Waals surface area contributed by atoms with E-state index in [1.807, 2.05) is 0 Å². The van der Waals surface area contributed by atoms with E-state index in [4.69, 9.17) is 0 Å². The van der Waals surface area contributed by atoms with Gasteiger partial charge in [-0.3, -0.25) is 8.98 Å². The summed E-state index contributed by atoms with van der Waals surface area (Å²) in [7, 11) is -5.99. The smallest absolute Gasteiger partial charge is 0.264 e. The van der Waals surface area contributed by atoms with E-state index >= 15 is 0 Å². The van der Waals surface area contributed by atoms with Gasteiger partial charge in [-0.05, 0) is 20.1 Å². The monoisotopic (exact) mass is 612 g/mol. The Kier molecular flexibility index (Phi) is 32.3. The molecule has 0 radical (unpaired) electrons. The van der Waals surface area contributed by atoms with Crippen LogP contribution in [0.1, 0.15) is 27.7 Å². The molecule has 0 spiro atoms. The SMILES string of the molecule is CC(C)=O.CCN(C)S(C)(=O)=O.CN(C)S(C)(=O)=O.COS(C)(=O)=O.CS(C)(=O)=O.CSC(C)=O. The highest BCUT2D eigenvalue weighted by molar-refractivity contribution is 8.13. The zero-order valence-corrected chi connectivity index (χ0v) is 27.2. The van der Waals surface area contributed by atoms with E-state index in [1.165, 1.54) is 50.3 Å². The average molecular weight is 613 g/mol. The van der Waals surface area contributed by atoms with Crippen LogP contribution in [0.3, 0.4) is 0 Å². The van der Waals surface area contributed by atoms with Gasteiger partial charge in [-0.1, -0.05) is 18.7 Å². The number of hydrogen-bond acceptors (Lipinski definition) is 12. The predicted octanol–water partition coefficient (Wildman–Crippen LogP) is 0.150. The number of ketones is 1. The molecule has 0 aliphatic heterocycles. The summed E-state index contributed by atoms with van der Waals surface area (Å²) in [5.74, 6) is 0.167. The molecule has 0 aliphatic rings. The lowest BCUT2D eigenvalue weighted by atomic mass is 10.6. The molecule has 0 heterocycles. The fourth-order valence-electron chi connectivity index (χ4n) is 0.235. The van der Waals surface area contributed by atoms with Crippen LogP contribution >= 0.6 is 11.8 Å². The molecule has 0 aromatic carbocycles. The highest BCUT2D eigenvalue weighted by Gasteiger charge is 2.05. The summed E-state index contributed by atoms with van der Waals surface area (Å²) in [6, 6.07) is 0. The fourth-order valence-corrected chi connectivity index (χ4v) is 0.704. The number of nitrogens with zero attached hydrogens (tertiary/aromatic N) is 2. The van der Waals surface area contributed by atoms with Crippen molar-refractivity contribution >= 4 is 62.7 Å². The Morgan fingerprint density at radius 1 is 0.743 bits per heavy atom. The van der Waals surface area contributed by atoms with E-state index in [2.05, 4.69) is 4.18 Å². The van der Waals surface area contributed by atoms with Crippen LogP contribution in [-0.4, -0.2) is 126 Å². The molecule has 0 N–H and O–H groups in total. The molecule has 35 heavy (non-hydrogen) atoms. The first-order valence-corrected chi connectivity index (χ1v) is 18.2. The summed E-state index contributed by atoms with van der Waals surface area (Å²) in [5.41, 5.74) is 0. The number of carbonyl (C=O) groups excluding carboxylic acids is 2. The Morgan fingerprint density at radius 3 is 0.914 bits per heavy atom. The third kappa shape index (κ3) is 97.3. The van der Waals surface area contributed by atoms with Crippen LogP contribution in [0.4, 0.5) is 0 Å². The van der Waals surface area contributed by atoms with E-state index in [9.17, 15) is 43.3 Å². The second-order valence-electron chi connectivity index (χ2n) is 6.84. The second kappa shape index (κ2) is 23.7. The minimum atomic E-state index is -3.16.